The van der Waals surface area contributed by atoms with E-state index in [-0.39, 0.29) is 12.0 Å². The first-order valence-corrected chi connectivity index (χ1v) is 10.8. The van der Waals surface area contributed by atoms with Gasteiger partial charge in [0, 0.05) is 22.5 Å². The minimum atomic E-state index is -4.27. The Morgan fingerprint density at radius 1 is 0.935 bits per heavy atom. The highest BCUT2D eigenvalue weighted by molar-refractivity contribution is 7.90. The summed E-state index contributed by atoms with van der Waals surface area (Å²) in [6.07, 6.45) is 0.148. The molecule has 3 aromatic carbocycles. The molecule has 0 aliphatic rings. The van der Waals surface area contributed by atoms with Crippen molar-refractivity contribution in [3.8, 4) is 0 Å². The average molecular weight is 462 g/mol. The van der Waals surface area contributed by atoms with Crippen LogP contribution in [0.25, 0.3) is 10.9 Å². The smallest absolute Gasteiger partial charge is 0.335 e. The molecule has 0 bridgehead atoms. The number of hydrogen-bond acceptors (Lipinski definition) is 3. The van der Waals surface area contributed by atoms with Gasteiger partial charge in [-0.1, -0.05) is 23.7 Å². The number of aromatic nitrogens is 1. The lowest BCUT2D eigenvalue weighted by molar-refractivity contribution is 0.0697. The van der Waals surface area contributed by atoms with Crippen molar-refractivity contribution >= 4 is 38.5 Å². The molecule has 9 heteroatoms. The van der Waals surface area contributed by atoms with Gasteiger partial charge in [0.2, 0.25) is 0 Å². The van der Waals surface area contributed by atoms with E-state index in [1.165, 1.54) is 24.3 Å². The molecule has 0 saturated heterocycles. The number of benzene rings is 3. The number of halogens is 3. The summed E-state index contributed by atoms with van der Waals surface area (Å²) in [5.74, 6) is -3.50. The van der Waals surface area contributed by atoms with Gasteiger partial charge in [-0.3, -0.25) is 0 Å². The quantitative estimate of drug-likeness (QED) is 0.448. The van der Waals surface area contributed by atoms with E-state index in [1.807, 2.05) is 0 Å². The highest BCUT2D eigenvalue weighted by Crippen LogP contribution is 2.30. The highest BCUT2D eigenvalue weighted by atomic mass is 35.5. The molecule has 4 aromatic rings. The SMILES string of the molecule is O=C(O)c1ccc(Cc2cc3cc(Cl)ccc3n2S(=O)(=O)c2ccc(F)c(F)c2)cc1. The second kappa shape index (κ2) is 7.79. The number of carboxylic acids is 1. The zero-order chi connectivity index (χ0) is 22.3. The molecular weight excluding hydrogens is 448 g/mol. The van der Waals surface area contributed by atoms with Crippen LogP contribution in [0.1, 0.15) is 21.6 Å². The predicted octanol–water partition coefficient (Wildman–Crippen LogP) is 5.10. The lowest BCUT2D eigenvalue weighted by atomic mass is 10.1. The van der Waals surface area contributed by atoms with Gasteiger partial charge in [-0.05, 0) is 60.2 Å². The number of nitrogens with zero attached hydrogens (tertiary/aromatic N) is 1. The van der Waals surface area contributed by atoms with Crippen LogP contribution < -0.4 is 0 Å². The Labute approximate surface area is 181 Å². The van der Waals surface area contributed by atoms with Crippen molar-refractivity contribution in [3.05, 3.63) is 100 Å². The second-order valence-electron chi connectivity index (χ2n) is 6.86. The van der Waals surface area contributed by atoms with Crippen molar-refractivity contribution in [1.82, 2.24) is 3.97 Å². The molecule has 4 rings (SSSR count). The topological polar surface area (TPSA) is 76.4 Å². The lowest BCUT2D eigenvalue weighted by Crippen LogP contribution is -2.16. The van der Waals surface area contributed by atoms with E-state index in [0.717, 1.165) is 16.1 Å². The Hall–Kier alpha value is -3.23. The fraction of sp³-hybridized carbons (Fsp3) is 0.0455. The monoisotopic (exact) mass is 461 g/mol. The Morgan fingerprint density at radius 3 is 2.29 bits per heavy atom. The third-order valence-corrected chi connectivity index (χ3v) is 6.80. The van der Waals surface area contributed by atoms with Crippen molar-refractivity contribution in [1.29, 1.82) is 0 Å². The maximum atomic E-state index is 13.8. The third-order valence-electron chi connectivity index (χ3n) is 4.81. The maximum absolute atomic E-state index is 13.8. The van der Waals surface area contributed by atoms with Crippen LogP contribution in [0.5, 0.6) is 0 Å². The van der Waals surface area contributed by atoms with Gasteiger partial charge in [0.05, 0.1) is 16.0 Å². The Balaban J connectivity index is 1.88. The van der Waals surface area contributed by atoms with Crippen LogP contribution in [-0.4, -0.2) is 23.5 Å². The average Bonchev–Trinajstić information content (AvgIpc) is 3.07. The van der Waals surface area contributed by atoms with Crippen LogP contribution >= 0.6 is 11.6 Å². The van der Waals surface area contributed by atoms with E-state index < -0.39 is 32.5 Å². The van der Waals surface area contributed by atoms with Crippen LogP contribution in [0, 0.1) is 11.6 Å². The standard InChI is InChI=1S/C22H14ClF2NO4S/c23-16-5-8-21-15(10-16)11-17(9-13-1-3-14(4-2-13)22(27)28)26(21)31(29,30)18-6-7-19(24)20(25)12-18/h1-8,10-12H,9H2,(H,27,28). The molecule has 0 radical (unpaired) electrons. The van der Waals surface area contributed by atoms with E-state index in [2.05, 4.69) is 0 Å². The normalized spacial score (nSPS) is 11.7. The molecule has 0 spiro atoms. The van der Waals surface area contributed by atoms with E-state index in [0.29, 0.717) is 33.2 Å². The predicted molar refractivity (Wildman–Crippen MR) is 112 cm³/mol. The summed E-state index contributed by atoms with van der Waals surface area (Å²) >= 11 is 6.05. The number of carboxylic acid groups (broad SMARTS) is 1. The third kappa shape index (κ3) is 3.92. The summed E-state index contributed by atoms with van der Waals surface area (Å²) in [6.45, 7) is 0. The molecule has 1 aromatic heterocycles. The molecule has 1 heterocycles. The van der Waals surface area contributed by atoms with E-state index in [4.69, 9.17) is 16.7 Å². The van der Waals surface area contributed by atoms with Crippen LogP contribution in [0.3, 0.4) is 0 Å². The number of rotatable bonds is 5. The number of carbonyl (C=O) groups is 1. The fourth-order valence-electron chi connectivity index (χ4n) is 3.34. The van der Waals surface area contributed by atoms with Gasteiger partial charge in [-0.2, -0.15) is 0 Å². The molecule has 31 heavy (non-hydrogen) atoms. The van der Waals surface area contributed by atoms with Gasteiger partial charge in [0.15, 0.2) is 11.6 Å². The summed E-state index contributed by atoms with van der Waals surface area (Å²) in [5.41, 5.74) is 1.45. The van der Waals surface area contributed by atoms with Crippen molar-refractivity contribution in [2.24, 2.45) is 0 Å². The van der Waals surface area contributed by atoms with Crippen LogP contribution in [-0.2, 0) is 16.4 Å². The van der Waals surface area contributed by atoms with Gasteiger partial charge < -0.3 is 5.11 Å². The van der Waals surface area contributed by atoms with Crippen molar-refractivity contribution < 1.29 is 27.1 Å². The van der Waals surface area contributed by atoms with Gasteiger partial charge in [-0.15, -0.1) is 0 Å². The Kier molecular flexibility index (Phi) is 5.28. The molecule has 0 atom stereocenters. The van der Waals surface area contributed by atoms with E-state index >= 15 is 0 Å². The molecule has 0 fully saturated rings. The molecule has 0 aliphatic carbocycles. The number of hydrogen-bond donors (Lipinski definition) is 1. The summed E-state index contributed by atoms with van der Waals surface area (Å²) in [7, 11) is -4.27. The number of aromatic carboxylic acids is 1. The molecule has 0 saturated carbocycles. The zero-order valence-electron chi connectivity index (χ0n) is 15.7. The summed E-state index contributed by atoms with van der Waals surface area (Å²) in [6, 6.07) is 14.7. The highest BCUT2D eigenvalue weighted by Gasteiger charge is 2.24. The van der Waals surface area contributed by atoms with E-state index in [9.17, 15) is 22.0 Å². The minimum Gasteiger partial charge on any atom is -0.478 e. The summed E-state index contributed by atoms with van der Waals surface area (Å²) in [4.78, 5) is 10.7. The van der Waals surface area contributed by atoms with Crippen LogP contribution in [0.2, 0.25) is 5.02 Å². The van der Waals surface area contributed by atoms with Crippen molar-refractivity contribution in [3.63, 3.8) is 0 Å². The molecule has 0 aliphatic heterocycles. The molecular formula is C22H14ClF2NO4S. The second-order valence-corrected chi connectivity index (χ2v) is 9.09. The van der Waals surface area contributed by atoms with Gasteiger partial charge >= 0.3 is 5.97 Å². The maximum Gasteiger partial charge on any atom is 0.335 e. The first-order chi connectivity index (χ1) is 14.7. The Bertz CT molecular complexity index is 1430. The Morgan fingerprint density at radius 2 is 1.65 bits per heavy atom. The fourth-order valence-corrected chi connectivity index (χ4v) is 5.08. The van der Waals surface area contributed by atoms with Gasteiger partial charge in [0.25, 0.3) is 10.0 Å². The molecule has 5 nitrogen and oxygen atoms in total. The largest absolute Gasteiger partial charge is 0.478 e. The van der Waals surface area contributed by atoms with Gasteiger partial charge in [-0.25, -0.2) is 26.0 Å². The van der Waals surface area contributed by atoms with Crippen LogP contribution in [0.15, 0.2) is 71.6 Å². The lowest BCUT2D eigenvalue weighted by Gasteiger charge is -2.13. The first kappa shape index (κ1) is 21.0. The number of fused-ring (bicyclic) bond motifs is 1. The molecule has 1 N–H and O–H groups in total. The molecule has 0 unspecified atom stereocenters. The van der Waals surface area contributed by atoms with Crippen LogP contribution in [0.4, 0.5) is 8.78 Å². The van der Waals surface area contributed by atoms with Gasteiger partial charge in [0.1, 0.15) is 0 Å². The first-order valence-electron chi connectivity index (χ1n) is 8.99. The zero-order valence-corrected chi connectivity index (χ0v) is 17.3. The molecule has 158 valence electrons. The molecule has 0 amide bonds. The van der Waals surface area contributed by atoms with Crippen molar-refractivity contribution in [2.75, 3.05) is 0 Å². The van der Waals surface area contributed by atoms with E-state index in [1.54, 1.807) is 24.3 Å². The summed E-state index contributed by atoms with van der Waals surface area (Å²) in [5, 5.41) is 10.0. The minimum absolute atomic E-state index is 0.102. The van der Waals surface area contributed by atoms with Crippen molar-refractivity contribution in [2.45, 2.75) is 11.3 Å². The summed E-state index contributed by atoms with van der Waals surface area (Å²) < 4.78 is 54.9.